The van der Waals surface area contributed by atoms with Crippen LogP contribution in [0.3, 0.4) is 0 Å². The summed E-state index contributed by atoms with van der Waals surface area (Å²) in [5, 5.41) is 11.6. The van der Waals surface area contributed by atoms with Crippen molar-refractivity contribution in [1.29, 1.82) is 0 Å². The number of thiophene rings is 1. The monoisotopic (exact) mass is 297 g/mol. The number of nitrogens with one attached hydrogen (secondary N) is 1. The van der Waals surface area contributed by atoms with Gasteiger partial charge in [-0.25, -0.2) is 4.68 Å². The van der Waals surface area contributed by atoms with Crippen molar-refractivity contribution < 1.29 is 0 Å². The van der Waals surface area contributed by atoms with Gasteiger partial charge in [0.1, 0.15) is 5.02 Å². The Morgan fingerprint density at radius 3 is 2.95 bits per heavy atom. The van der Waals surface area contributed by atoms with Crippen LogP contribution in [0.1, 0.15) is 25.5 Å². The molecule has 0 saturated carbocycles. The normalized spacial score (nSPS) is 10.9. The number of aromatic nitrogens is 2. The van der Waals surface area contributed by atoms with Crippen molar-refractivity contribution in [2.75, 3.05) is 11.9 Å². The standard InChI is InChI=1S/C13H16ClN3OS/c1-9(2)17-13(18)12(14)11(7-16-17)15-5-3-10-4-6-19-8-10/h4,6-9,15H,3,5H2,1-2H3. The maximum absolute atomic E-state index is 12.0. The van der Waals surface area contributed by atoms with Crippen LogP contribution in [0.4, 0.5) is 5.69 Å². The predicted octanol–water partition coefficient (Wildman–Crippen LogP) is 3.19. The third-order valence-corrected chi connectivity index (χ3v) is 3.84. The summed E-state index contributed by atoms with van der Waals surface area (Å²) in [6.45, 7) is 4.52. The highest BCUT2D eigenvalue weighted by atomic mass is 35.5. The minimum Gasteiger partial charge on any atom is -0.382 e. The number of hydrogen-bond acceptors (Lipinski definition) is 4. The first-order valence-electron chi connectivity index (χ1n) is 6.12. The van der Waals surface area contributed by atoms with Crippen LogP contribution in [0, 0.1) is 0 Å². The first kappa shape index (κ1) is 14.1. The number of rotatable bonds is 5. The SMILES string of the molecule is CC(C)n1ncc(NCCc2ccsc2)c(Cl)c1=O. The van der Waals surface area contributed by atoms with Crippen LogP contribution in [-0.2, 0) is 6.42 Å². The molecule has 0 fully saturated rings. The lowest BCUT2D eigenvalue weighted by Gasteiger charge is -2.12. The number of anilines is 1. The van der Waals surface area contributed by atoms with Gasteiger partial charge in [-0.05, 0) is 42.7 Å². The summed E-state index contributed by atoms with van der Waals surface area (Å²) >= 11 is 7.75. The van der Waals surface area contributed by atoms with Crippen LogP contribution in [-0.4, -0.2) is 16.3 Å². The van der Waals surface area contributed by atoms with E-state index in [0.717, 1.165) is 13.0 Å². The van der Waals surface area contributed by atoms with Gasteiger partial charge in [0.05, 0.1) is 17.9 Å². The molecule has 2 rings (SSSR count). The Kier molecular flexibility index (Phi) is 4.61. The Balaban J connectivity index is 2.05. The molecule has 6 heteroatoms. The Labute approximate surface area is 121 Å². The predicted molar refractivity (Wildman–Crippen MR) is 80.4 cm³/mol. The van der Waals surface area contributed by atoms with Crippen LogP contribution in [0.25, 0.3) is 0 Å². The van der Waals surface area contributed by atoms with Crippen LogP contribution in [0.5, 0.6) is 0 Å². The van der Waals surface area contributed by atoms with Crippen LogP contribution >= 0.6 is 22.9 Å². The zero-order valence-electron chi connectivity index (χ0n) is 10.9. The fraction of sp³-hybridized carbons (Fsp3) is 0.385. The maximum atomic E-state index is 12.0. The van der Waals surface area contributed by atoms with Crippen molar-refractivity contribution in [2.45, 2.75) is 26.3 Å². The average Bonchev–Trinajstić information content (AvgIpc) is 2.87. The molecule has 0 unspecified atom stereocenters. The van der Waals surface area contributed by atoms with Gasteiger partial charge in [-0.3, -0.25) is 4.79 Å². The lowest BCUT2D eigenvalue weighted by atomic mass is 10.2. The second kappa shape index (κ2) is 6.21. The summed E-state index contributed by atoms with van der Waals surface area (Å²) < 4.78 is 1.38. The van der Waals surface area contributed by atoms with Gasteiger partial charge in [0, 0.05) is 6.54 Å². The fourth-order valence-corrected chi connectivity index (χ4v) is 2.62. The summed E-state index contributed by atoms with van der Waals surface area (Å²) in [4.78, 5) is 12.0. The molecule has 4 nitrogen and oxygen atoms in total. The second-order valence-electron chi connectivity index (χ2n) is 4.52. The van der Waals surface area contributed by atoms with E-state index in [1.54, 1.807) is 17.5 Å². The highest BCUT2D eigenvalue weighted by Gasteiger charge is 2.10. The van der Waals surface area contributed by atoms with Gasteiger partial charge >= 0.3 is 0 Å². The summed E-state index contributed by atoms with van der Waals surface area (Å²) in [5.41, 5.74) is 1.62. The van der Waals surface area contributed by atoms with Crippen molar-refractivity contribution in [3.8, 4) is 0 Å². The summed E-state index contributed by atoms with van der Waals surface area (Å²) in [6.07, 6.45) is 2.50. The first-order valence-corrected chi connectivity index (χ1v) is 7.44. The molecule has 19 heavy (non-hydrogen) atoms. The summed E-state index contributed by atoms with van der Waals surface area (Å²) in [6, 6.07) is 2.09. The largest absolute Gasteiger partial charge is 0.382 e. The molecule has 0 aliphatic carbocycles. The molecule has 102 valence electrons. The molecule has 2 aromatic rings. The Hall–Kier alpha value is -1.33. The van der Waals surface area contributed by atoms with Gasteiger partial charge in [0.15, 0.2) is 0 Å². The van der Waals surface area contributed by atoms with E-state index < -0.39 is 0 Å². The quantitative estimate of drug-likeness (QED) is 0.922. The minimum absolute atomic E-state index is 0.00450. The molecule has 2 aromatic heterocycles. The minimum atomic E-state index is -0.253. The molecule has 0 radical (unpaired) electrons. The topological polar surface area (TPSA) is 46.9 Å². The maximum Gasteiger partial charge on any atom is 0.287 e. The third-order valence-electron chi connectivity index (χ3n) is 2.74. The highest BCUT2D eigenvalue weighted by Crippen LogP contribution is 2.16. The number of nitrogens with zero attached hydrogens (tertiary/aromatic N) is 2. The van der Waals surface area contributed by atoms with Crippen molar-refractivity contribution in [3.05, 3.63) is 44.0 Å². The summed E-state index contributed by atoms with van der Waals surface area (Å²) in [7, 11) is 0. The highest BCUT2D eigenvalue weighted by molar-refractivity contribution is 7.07. The molecule has 0 spiro atoms. The van der Waals surface area contributed by atoms with E-state index in [4.69, 9.17) is 11.6 Å². The van der Waals surface area contributed by atoms with Crippen molar-refractivity contribution >= 4 is 28.6 Å². The van der Waals surface area contributed by atoms with E-state index in [9.17, 15) is 4.79 Å². The Bertz CT molecular complexity index is 592. The molecule has 2 heterocycles. The number of hydrogen-bond donors (Lipinski definition) is 1. The van der Waals surface area contributed by atoms with Gasteiger partial charge in [-0.1, -0.05) is 11.6 Å². The van der Waals surface area contributed by atoms with Crippen LogP contribution in [0.15, 0.2) is 27.8 Å². The van der Waals surface area contributed by atoms with Gasteiger partial charge in [-0.15, -0.1) is 0 Å². The van der Waals surface area contributed by atoms with Crippen LogP contribution in [0.2, 0.25) is 5.02 Å². The van der Waals surface area contributed by atoms with Gasteiger partial charge in [-0.2, -0.15) is 16.4 Å². The van der Waals surface area contributed by atoms with E-state index in [0.29, 0.717) is 5.69 Å². The van der Waals surface area contributed by atoms with Crippen molar-refractivity contribution in [1.82, 2.24) is 9.78 Å². The van der Waals surface area contributed by atoms with Gasteiger partial charge in [0.25, 0.3) is 5.56 Å². The fourth-order valence-electron chi connectivity index (χ4n) is 1.71. The lowest BCUT2D eigenvalue weighted by Crippen LogP contribution is -2.26. The molecule has 0 aromatic carbocycles. The lowest BCUT2D eigenvalue weighted by molar-refractivity contribution is 0.503. The zero-order valence-corrected chi connectivity index (χ0v) is 12.5. The molecule has 0 bridgehead atoms. The molecule has 0 amide bonds. The van der Waals surface area contributed by atoms with Gasteiger partial charge in [0.2, 0.25) is 0 Å². The van der Waals surface area contributed by atoms with E-state index in [2.05, 4.69) is 21.9 Å². The van der Waals surface area contributed by atoms with E-state index >= 15 is 0 Å². The molecule has 0 saturated heterocycles. The molecule has 0 aliphatic heterocycles. The van der Waals surface area contributed by atoms with E-state index in [1.807, 2.05) is 19.2 Å². The zero-order chi connectivity index (χ0) is 13.8. The van der Waals surface area contributed by atoms with Gasteiger partial charge < -0.3 is 5.32 Å². The smallest absolute Gasteiger partial charge is 0.287 e. The molecular weight excluding hydrogens is 282 g/mol. The van der Waals surface area contributed by atoms with E-state index in [1.165, 1.54) is 10.2 Å². The Morgan fingerprint density at radius 2 is 2.32 bits per heavy atom. The van der Waals surface area contributed by atoms with E-state index in [-0.39, 0.29) is 16.6 Å². The molecule has 0 atom stereocenters. The first-order chi connectivity index (χ1) is 9.09. The average molecular weight is 298 g/mol. The molecular formula is C13H16ClN3OS. The van der Waals surface area contributed by atoms with Crippen molar-refractivity contribution in [3.63, 3.8) is 0 Å². The third kappa shape index (κ3) is 3.36. The second-order valence-corrected chi connectivity index (χ2v) is 5.68. The molecule has 0 aliphatic rings. The number of halogens is 1. The van der Waals surface area contributed by atoms with Crippen LogP contribution < -0.4 is 10.9 Å². The summed E-state index contributed by atoms with van der Waals surface area (Å²) in [5.74, 6) is 0. The Morgan fingerprint density at radius 1 is 1.53 bits per heavy atom. The molecule has 1 N–H and O–H groups in total. The van der Waals surface area contributed by atoms with Crippen molar-refractivity contribution in [2.24, 2.45) is 0 Å².